The smallest absolute Gasteiger partial charge is 0.337 e. The van der Waals surface area contributed by atoms with Gasteiger partial charge in [0.25, 0.3) is 6.01 Å². The Morgan fingerprint density at radius 3 is 2.54 bits per heavy atom. The van der Waals surface area contributed by atoms with Crippen LogP contribution in [0.25, 0.3) is 11.1 Å². The Hall–Kier alpha value is -3.23. The van der Waals surface area contributed by atoms with Crippen molar-refractivity contribution in [1.82, 2.24) is 15.0 Å². The summed E-state index contributed by atoms with van der Waals surface area (Å²) in [5.41, 5.74) is 1.64. The Morgan fingerprint density at radius 2 is 1.85 bits per heavy atom. The first-order valence-corrected chi connectivity index (χ1v) is 8.10. The molecule has 0 atom stereocenters. The maximum atomic E-state index is 12.9. The molecule has 134 valence electrons. The van der Waals surface area contributed by atoms with Gasteiger partial charge in [-0.1, -0.05) is 0 Å². The summed E-state index contributed by atoms with van der Waals surface area (Å²) in [7, 11) is 1.34. The van der Waals surface area contributed by atoms with Gasteiger partial charge in [-0.05, 0) is 18.2 Å². The average Bonchev–Trinajstić information content (AvgIpc) is 3.11. The molecule has 0 N–H and O–H groups in total. The second kappa shape index (κ2) is 6.58. The molecule has 1 aliphatic rings. The summed E-state index contributed by atoms with van der Waals surface area (Å²) in [4.78, 5) is 28.1. The molecule has 9 heteroatoms. The number of halogens is 1. The van der Waals surface area contributed by atoms with E-state index in [2.05, 4.69) is 15.0 Å². The van der Waals surface area contributed by atoms with E-state index >= 15 is 0 Å². The van der Waals surface area contributed by atoms with Gasteiger partial charge in [-0.2, -0.15) is 4.98 Å². The molecular weight excluding hydrogens is 341 g/mol. The van der Waals surface area contributed by atoms with E-state index in [4.69, 9.17) is 9.15 Å². The van der Waals surface area contributed by atoms with Gasteiger partial charge in [-0.3, -0.25) is 0 Å². The lowest BCUT2D eigenvalue weighted by molar-refractivity contribution is 0.0601. The van der Waals surface area contributed by atoms with Crippen LogP contribution >= 0.6 is 0 Å². The van der Waals surface area contributed by atoms with Crippen LogP contribution in [0, 0.1) is 5.82 Å². The molecule has 0 amide bonds. The molecule has 4 rings (SSSR count). The van der Waals surface area contributed by atoms with E-state index in [9.17, 15) is 9.18 Å². The highest BCUT2D eigenvalue weighted by Crippen LogP contribution is 2.24. The lowest BCUT2D eigenvalue weighted by Crippen LogP contribution is -2.47. The molecule has 0 unspecified atom stereocenters. The molecule has 0 bridgehead atoms. The van der Waals surface area contributed by atoms with E-state index in [1.165, 1.54) is 7.11 Å². The van der Waals surface area contributed by atoms with Crippen LogP contribution < -0.4 is 9.80 Å². The number of anilines is 2. The quantitative estimate of drug-likeness (QED) is 0.657. The van der Waals surface area contributed by atoms with Crippen molar-refractivity contribution in [3.05, 3.63) is 42.0 Å². The minimum atomic E-state index is -0.454. The molecule has 0 radical (unpaired) electrons. The van der Waals surface area contributed by atoms with Gasteiger partial charge in [0, 0.05) is 26.2 Å². The van der Waals surface area contributed by atoms with Crippen LogP contribution in [0.15, 0.2) is 35.0 Å². The third-order valence-electron chi connectivity index (χ3n) is 4.24. The third-order valence-corrected chi connectivity index (χ3v) is 4.24. The van der Waals surface area contributed by atoms with E-state index in [0.29, 0.717) is 54.8 Å². The number of oxazole rings is 1. The molecular formula is C17H16FN5O3. The standard InChI is InChI=1S/C17H16FN5O3/c1-25-15(24)11-2-3-14-13(8-11)21-17(26-14)23-6-4-22(5-7-23)16-19-9-12(18)10-20-16/h2-3,8-10H,4-7H2,1H3. The zero-order valence-electron chi connectivity index (χ0n) is 14.1. The van der Waals surface area contributed by atoms with Gasteiger partial charge in [0.15, 0.2) is 11.4 Å². The van der Waals surface area contributed by atoms with E-state index in [1.807, 2.05) is 9.80 Å². The summed E-state index contributed by atoms with van der Waals surface area (Å²) < 4.78 is 23.5. The predicted octanol–water partition coefficient (Wildman–Crippen LogP) is 1.87. The van der Waals surface area contributed by atoms with Crippen molar-refractivity contribution in [2.75, 3.05) is 43.1 Å². The molecule has 0 aliphatic carbocycles. The molecule has 3 heterocycles. The summed E-state index contributed by atoms with van der Waals surface area (Å²) >= 11 is 0. The Bertz CT molecular complexity index is 935. The largest absolute Gasteiger partial charge is 0.465 e. The van der Waals surface area contributed by atoms with Gasteiger partial charge in [-0.25, -0.2) is 19.2 Å². The van der Waals surface area contributed by atoms with Crippen LogP contribution in [0.3, 0.4) is 0 Å². The number of aromatic nitrogens is 3. The number of benzene rings is 1. The topological polar surface area (TPSA) is 84.6 Å². The lowest BCUT2D eigenvalue weighted by atomic mass is 10.2. The molecule has 1 aliphatic heterocycles. The van der Waals surface area contributed by atoms with Gasteiger partial charge in [-0.15, -0.1) is 0 Å². The van der Waals surface area contributed by atoms with Crippen molar-refractivity contribution >= 4 is 29.0 Å². The van der Waals surface area contributed by atoms with E-state index in [0.717, 1.165) is 12.4 Å². The molecule has 0 saturated carbocycles. The Kier molecular flexibility index (Phi) is 4.11. The molecule has 8 nitrogen and oxygen atoms in total. The van der Waals surface area contributed by atoms with Crippen LogP contribution in [-0.4, -0.2) is 54.2 Å². The number of ether oxygens (including phenoxy) is 1. The normalized spacial score (nSPS) is 14.7. The molecule has 1 saturated heterocycles. The van der Waals surface area contributed by atoms with Crippen LogP contribution in [0.2, 0.25) is 0 Å². The molecule has 1 aromatic carbocycles. The number of esters is 1. The predicted molar refractivity (Wildman–Crippen MR) is 91.8 cm³/mol. The Balaban J connectivity index is 1.48. The van der Waals surface area contributed by atoms with Gasteiger partial charge >= 0.3 is 5.97 Å². The van der Waals surface area contributed by atoms with Crippen molar-refractivity contribution in [3.63, 3.8) is 0 Å². The number of carbonyl (C=O) groups is 1. The second-order valence-corrected chi connectivity index (χ2v) is 5.85. The van der Waals surface area contributed by atoms with Crippen molar-refractivity contribution in [2.24, 2.45) is 0 Å². The third kappa shape index (κ3) is 3.03. The average molecular weight is 357 g/mol. The summed E-state index contributed by atoms with van der Waals surface area (Å²) in [6.07, 6.45) is 2.32. The number of piperazine rings is 1. The zero-order valence-corrected chi connectivity index (χ0v) is 14.1. The Morgan fingerprint density at radius 1 is 1.15 bits per heavy atom. The summed E-state index contributed by atoms with van der Waals surface area (Å²) in [6.45, 7) is 2.66. The monoisotopic (exact) mass is 357 g/mol. The number of nitrogens with zero attached hydrogens (tertiary/aromatic N) is 5. The first kappa shape index (κ1) is 16.2. The second-order valence-electron chi connectivity index (χ2n) is 5.85. The van der Waals surface area contributed by atoms with Gasteiger partial charge in [0.2, 0.25) is 5.95 Å². The summed E-state index contributed by atoms with van der Waals surface area (Å²) in [5, 5.41) is 0. The highest BCUT2D eigenvalue weighted by atomic mass is 19.1. The molecule has 26 heavy (non-hydrogen) atoms. The summed E-state index contributed by atoms with van der Waals surface area (Å²) in [6, 6.07) is 5.51. The van der Waals surface area contributed by atoms with E-state index in [1.54, 1.807) is 18.2 Å². The fourth-order valence-corrected chi connectivity index (χ4v) is 2.86. The maximum Gasteiger partial charge on any atom is 0.337 e. The van der Waals surface area contributed by atoms with Gasteiger partial charge in [0.1, 0.15) is 5.52 Å². The van der Waals surface area contributed by atoms with Crippen LogP contribution in [-0.2, 0) is 4.74 Å². The Labute approximate surface area is 148 Å². The fraction of sp³-hybridized carbons (Fsp3) is 0.294. The lowest BCUT2D eigenvalue weighted by Gasteiger charge is -2.33. The highest BCUT2D eigenvalue weighted by Gasteiger charge is 2.23. The first-order chi connectivity index (χ1) is 12.6. The summed E-state index contributed by atoms with van der Waals surface area (Å²) in [5.74, 6) is -0.360. The van der Waals surface area contributed by atoms with Crippen LogP contribution in [0.4, 0.5) is 16.4 Å². The van der Waals surface area contributed by atoms with Crippen molar-refractivity contribution in [3.8, 4) is 0 Å². The maximum absolute atomic E-state index is 12.9. The molecule has 3 aromatic rings. The molecule has 1 fully saturated rings. The first-order valence-electron chi connectivity index (χ1n) is 8.10. The minimum Gasteiger partial charge on any atom is -0.465 e. The number of fused-ring (bicyclic) bond motifs is 1. The number of methoxy groups -OCH3 is 1. The zero-order chi connectivity index (χ0) is 18.1. The number of carbonyl (C=O) groups excluding carboxylic acids is 1. The van der Waals surface area contributed by atoms with Crippen molar-refractivity contribution in [1.29, 1.82) is 0 Å². The van der Waals surface area contributed by atoms with Crippen LogP contribution in [0.1, 0.15) is 10.4 Å². The van der Waals surface area contributed by atoms with Crippen molar-refractivity contribution < 1.29 is 18.3 Å². The van der Waals surface area contributed by atoms with E-state index in [-0.39, 0.29) is 0 Å². The van der Waals surface area contributed by atoms with Gasteiger partial charge < -0.3 is 19.0 Å². The van der Waals surface area contributed by atoms with Gasteiger partial charge in [0.05, 0.1) is 25.1 Å². The highest BCUT2D eigenvalue weighted by molar-refractivity contribution is 5.93. The number of rotatable bonds is 3. The molecule has 0 spiro atoms. The fourth-order valence-electron chi connectivity index (χ4n) is 2.86. The minimum absolute atomic E-state index is 0.413. The van der Waals surface area contributed by atoms with Crippen LogP contribution in [0.5, 0.6) is 0 Å². The number of hydrogen-bond donors (Lipinski definition) is 0. The molecule has 2 aromatic heterocycles. The number of hydrogen-bond acceptors (Lipinski definition) is 8. The van der Waals surface area contributed by atoms with E-state index < -0.39 is 11.8 Å². The van der Waals surface area contributed by atoms with Crippen molar-refractivity contribution in [2.45, 2.75) is 0 Å². The SMILES string of the molecule is COC(=O)c1ccc2oc(N3CCN(c4ncc(F)cn4)CC3)nc2c1.